The molecule has 0 radical (unpaired) electrons. The van der Waals surface area contributed by atoms with Gasteiger partial charge in [-0.05, 0) is 54.5 Å². The van der Waals surface area contributed by atoms with E-state index < -0.39 is 11.0 Å². The molecule has 0 saturated heterocycles. The SMILES string of the molecule is Cc1ccc(NC(=S)NC[C@@H](O)c2ccc([N+](=O)[O-])cc2)cc1F. The lowest BCUT2D eigenvalue weighted by Gasteiger charge is -2.15. The first kappa shape index (κ1) is 17.8. The van der Waals surface area contributed by atoms with Gasteiger partial charge in [0.05, 0.1) is 11.0 Å². The molecule has 0 aliphatic rings. The Labute approximate surface area is 143 Å². The van der Waals surface area contributed by atoms with E-state index in [4.69, 9.17) is 12.2 Å². The zero-order chi connectivity index (χ0) is 17.7. The second-order valence-corrected chi connectivity index (χ2v) is 5.57. The smallest absolute Gasteiger partial charge is 0.269 e. The minimum Gasteiger partial charge on any atom is -0.387 e. The van der Waals surface area contributed by atoms with Crippen molar-refractivity contribution in [3.8, 4) is 0 Å². The van der Waals surface area contributed by atoms with E-state index in [0.717, 1.165) is 0 Å². The lowest BCUT2D eigenvalue weighted by molar-refractivity contribution is -0.384. The van der Waals surface area contributed by atoms with Crippen LogP contribution in [0.3, 0.4) is 0 Å². The van der Waals surface area contributed by atoms with Gasteiger partial charge in [0.2, 0.25) is 0 Å². The molecular formula is C16H16FN3O3S. The fourth-order valence-corrected chi connectivity index (χ4v) is 2.17. The molecule has 0 aliphatic heterocycles. The van der Waals surface area contributed by atoms with Crippen LogP contribution in [0.5, 0.6) is 0 Å². The maximum Gasteiger partial charge on any atom is 0.269 e. The Morgan fingerprint density at radius 2 is 2.00 bits per heavy atom. The summed E-state index contributed by atoms with van der Waals surface area (Å²) < 4.78 is 13.5. The van der Waals surface area contributed by atoms with E-state index in [0.29, 0.717) is 16.8 Å². The summed E-state index contributed by atoms with van der Waals surface area (Å²) in [4.78, 5) is 10.1. The molecule has 0 amide bonds. The fraction of sp³-hybridized carbons (Fsp3) is 0.188. The molecule has 0 aromatic heterocycles. The predicted molar refractivity (Wildman–Crippen MR) is 93.4 cm³/mol. The van der Waals surface area contributed by atoms with Gasteiger partial charge in [0.15, 0.2) is 5.11 Å². The number of hydrogen-bond acceptors (Lipinski definition) is 4. The molecule has 0 aliphatic carbocycles. The topological polar surface area (TPSA) is 87.4 Å². The number of aliphatic hydroxyl groups excluding tert-OH is 1. The minimum absolute atomic E-state index is 0.0440. The van der Waals surface area contributed by atoms with Gasteiger partial charge in [-0.15, -0.1) is 0 Å². The number of hydrogen-bond donors (Lipinski definition) is 3. The number of non-ortho nitro benzene ring substituents is 1. The van der Waals surface area contributed by atoms with Crippen molar-refractivity contribution >= 4 is 28.7 Å². The number of benzene rings is 2. The average Bonchev–Trinajstić information content (AvgIpc) is 2.56. The first-order valence-corrected chi connectivity index (χ1v) is 7.51. The molecule has 8 heteroatoms. The van der Waals surface area contributed by atoms with Crippen LogP contribution in [0, 0.1) is 22.9 Å². The summed E-state index contributed by atoms with van der Waals surface area (Å²) in [5.41, 5.74) is 1.52. The van der Waals surface area contributed by atoms with Crippen LogP contribution in [0.1, 0.15) is 17.2 Å². The highest BCUT2D eigenvalue weighted by Crippen LogP contribution is 2.17. The number of halogens is 1. The lowest BCUT2D eigenvalue weighted by Crippen LogP contribution is -2.32. The van der Waals surface area contributed by atoms with Gasteiger partial charge in [0.1, 0.15) is 5.82 Å². The van der Waals surface area contributed by atoms with Crippen LogP contribution >= 0.6 is 12.2 Å². The van der Waals surface area contributed by atoms with Gasteiger partial charge < -0.3 is 15.7 Å². The molecule has 0 fully saturated rings. The number of thiocarbonyl (C=S) groups is 1. The van der Waals surface area contributed by atoms with E-state index >= 15 is 0 Å². The summed E-state index contributed by atoms with van der Waals surface area (Å²) in [5, 5.41) is 26.5. The van der Waals surface area contributed by atoms with Crippen LogP contribution in [0.25, 0.3) is 0 Å². The van der Waals surface area contributed by atoms with Gasteiger partial charge in [-0.3, -0.25) is 10.1 Å². The summed E-state index contributed by atoms with van der Waals surface area (Å²) in [6.45, 7) is 1.77. The molecule has 1 atom stereocenters. The maximum absolute atomic E-state index is 13.5. The molecule has 0 spiro atoms. The molecule has 0 saturated carbocycles. The highest BCUT2D eigenvalue weighted by molar-refractivity contribution is 7.80. The third-order valence-electron chi connectivity index (χ3n) is 3.37. The molecule has 2 aromatic carbocycles. The van der Waals surface area contributed by atoms with Gasteiger partial charge in [-0.25, -0.2) is 4.39 Å². The Balaban J connectivity index is 1.88. The number of nitrogens with zero attached hydrogens (tertiary/aromatic N) is 1. The van der Waals surface area contributed by atoms with Crippen LogP contribution in [-0.2, 0) is 0 Å². The van der Waals surface area contributed by atoms with Crippen molar-refractivity contribution in [3.05, 3.63) is 69.5 Å². The van der Waals surface area contributed by atoms with Crippen molar-refractivity contribution in [3.63, 3.8) is 0 Å². The first-order chi connectivity index (χ1) is 11.4. The molecule has 0 bridgehead atoms. The Morgan fingerprint density at radius 1 is 1.33 bits per heavy atom. The van der Waals surface area contributed by atoms with Crippen LogP contribution in [0.15, 0.2) is 42.5 Å². The summed E-state index contributed by atoms with van der Waals surface area (Å²) in [7, 11) is 0. The van der Waals surface area contributed by atoms with Crippen molar-refractivity contribution in [2.24, 2.45) is 0 Å². The van der Waals surface area contributed by atoms with E-state index in [1.165, 1.54) is 30.3 Å². The van der Waals surface area contributed by atoms with Gasteiger partial charge in [0.25, 0.3) is 5.69 Å². The van der Waals surface area contributed by atoms with E-state index in [9.17, 15) is 19.6 Å². The number of nitro groups is 1. The van der Waals surface area contributed by atoms with Crippen molar-refractivity contribution in [2.75, 3.05) is 11.9 Å². The molecule has 2 aromatic rings. The Hall–Kier alpha value is -2.58. The molecule has 0 heterocycles. The van der Waals surface area contributed by atoms with E-state index in [1.54, 1.807) is 19.1 Å². The number of rotatable bonds is 5. The van der Waals surface area contributed by atoms with Crippen molar-refractivity contribution in [1.29, 1.82) is 0 Å². The van der Waals surface area contributed by atoms with Crippen molar-refractivity contribution < 1.29 is 14.4 Å². The van der Waals surface area contributed by atoms with Crippen molar-refractivity contribution in [1.82, 2.24) is 5.32 Å². The summed E-state index contributed by atoms with van der Waals surface area (Å²) in [6, 6.07) is 10.3. The van der Waals surface area contributed by atoms with Crippen molar-refractivity contribution in [2.45, 2.75) is 13.0 Å². The molecule has 0 unspecified atom stereocenters. The molecule has 2 rings (SSSR count). The van der Waals surface area contributed by atoms with Gasteiger partial charge in [-0.1, -0.05) is 6.07 Å². The Morgan fingerprint density at radius 3 is 2.58 bits per heavy atom. The Kier molecular flexibility index (Phi) is 5.78. The predicted octanol–water partition coefficient (Wildman–Crippen LogP) is 3.06. The van der Waals surface area contributed by atoms with Crippen LogP contribution in [0.4, 0.5) is 15.8 Å². The third kappa shape index (κ3) is 4.71. The number of anilines is 1. The Bertz CT molecular complexity index is 753. The van der Waals surface area contributed by atoms with E-state index in [2.05, 4.69) is 10.6 Å². The maximum atomic E-state index is 13.5. The monoisotopic (exact) mass is 349 g/mol. The molecule has 126 valence electrons. The number of aliphatic hydroxyl groups is 1. The molecule has 3 N–H and O–H groups in total. The second-order valence-electron chi connectivity index (χ2n) is 5.16. The highest BCUT2D eigenvalue weighted by Gasteiger charge is 2.11. The first-order valence-electron chi connectivity index (χ1n) is 7.10. The fourth-order valence-electron chi connectivity index (χ4n) is 1.97. The standard InChI is InChI=1S/C16H16FN3O3S/c1-10-2-5-12(8-14(10)17)19-16(24)18-9-15(21)11-3-6-13(7-4-11)20(22)23/h2-8,15,21H,9H2,1H3,(H2,18,19,24)/t15-/m1/s1. The van der Waals surface area contributed by atoms with Gasteiger partial charge >= 0.3 is 0 Å². The average molecular weight is 349 g/mol. The lowest BCUT2D eigenvalue weighted by atomic mass is 10.1. The largest absolute Gasteiger partial charge is 0.387 e. The normalized spacial score (nSPS) is 11.6. The summed E-state index contributed by atoms with van der Waals surface area (Å²) in [5.74, 6) is -0.339. The minimum atomic E-state index is -0.889. The van der Waals surface area contributed by atoms with Crippen LogP contribution in [-0.4, -0.2) is 21.7 Å². The highest BCUT2D eigenvalue weighted by atomic mass is 32.1. The molecular weight excluding hydrogens is 333 g/mol. The molecule has 24 heavy (non-hydrogen) atoms. The van der Waals surface area contributed by atoms with Gasteiger partial charge in [0, 0.05) is 24.4 Å². The van der Waals surface area contributed by atoms with Crippen LogP contribution < -0.4 is 10.6 Å². The van der Waals surface area contributed by atoms with E-state index in [1.807, 2.05) is 0 Å². The summed E-state index contributed by atoms with van der Waals surface area (Å²) in [6.07, 6.45) is -0.889. The van der Waals surface area contributed by atoms with Gasteiger partial charge in [-0.2, -0.15) is 0 Å². The second kappa shape index (κ2) is 7.80. The number of nitro benzene ring substituents is 1. The zero-order valence-corrected chi connectivity index (χ0v) is 13.6. The van der Waals surface area contributed by atoms with Crippen LogP contribution in [0.2, 0.25) is 0 Å². The third-order valence-corrected chi connectivity index (χ3v) is 3.62. The number of nitrogens with one attached hydrogen (secondary N) is 2. The quantitative estimate of drug-likeness (QED) is 0.437. The van der Waals surface area contributed by atoms with E-state index in [-0.39, 0.29) is 23.2 Å². The molecule has 6 nitrogen and oxygen atoms in total. The zero-order valence-electron chi connectivity index (χ0n) is 12.8. The summed E-state index contributed by atoms with van der Waals surface area (Å²) >= 11 is 5.09. The number of aryl methyl sites for hydroxylation is 1.